The number of carboxylic acids is 1. The number of carbonyl (C=O) groups is 2. The third-order valence-electron chi connectivity index (χ3n) is 5.40. The van der Waals surface area contributed by atoms with Gasteiger partial charge in [0.25, 0.3) is 0 Å². The zero-order valence-electron chi connectivity index (χ0n) is 27.1. The van der Waals surface area contributed by atoms with Gasteiger partial charge in [-0.15, -0.1) is 0 Å². The summed E-state index contributed by atoms with van der Waals surface area (Å²) in [7, 11) is -30.4. The summed E-state index contributed by atoms with van der Waals surface area (Å²) in [5.74, 6) is -1.83. The topological polar surface area (TPSA) is 467 Å². The Labute approximate surface area is 292 Å². The van der Waals surface area contributed by atoms with Crippen LogP contribution in [-0.2, 0) is 68.9 Å². The lowest BCUT2D eigenvalue weighted by Gasteiger charge is -2.48. The summed E-state index contributed by atoms with van der Waals surface area (Å²) < 4.78 is 98.8. The van der Waals surface area contributed by atoms with Gasteiger partial charge in [-0.2, -0.15) is 0 Å². The van der Waals surface area contributed by atoms with E-state index in [2.05, 4.69) is 27.1 Å². The molecule has 0 radical (unpaired) electrons. The Hall–Kier alpha value is -0.440. The van der Waals surface area contributed by atoms with Crippen LogP contribution < -0.4 is 5.11 Å². The molecule has 1 aliphatic rings. The molecule has 0 saturated heterocycles. The summed E-state index contributed by atoms with van der Waals surface area (Å²) in [6, 6.07) is 0. The highest BCUT2D eigenvalue weighted by Gasteiger charge is 2.62. The second-order valence-electron chi connectivity index (χ2n) is 11.6. The van der Waals surface area contributed by atoms with Crippen molar-refractivity contribution in [2.75, 3.05) is 27.7 Å². The summed E-state index contributed by atoms with van der Waals surface area (Å²) >= 11 is 0. The summed E-state index contributed by atoms with van der Waals surface area (Å²) in [5, 5.41) is 10.5. The second-order valence-corrected chi connectivity index (χ2v) is 18.8. The molecule has 1 aliphatic carbocycles. The molecule has 0 amide bonds. The maximum absolute atomic E-state index is 11.4. The summed E-state index contributed by atoms with van der Waals surface area (Å²) in [5.41, 5.74) is 0. The lowest BCUT2D eigenvalue weighted by atomic mass is 9.85. The number of likely N-dealkylation sites (N-methyl/N-ethyl adjacent to an activating group) is 1. The molecule has 0 aromatic carbocycles. The number of nitrogens with zero attached hydrogens (tertiary/aromatic N) is 1. The number of rotatable bonds is 18. The van der Waals surface area contributed by atoms with E-state index in [1.165, 1.54) is 0 Å². The summed E-state index contributed by atoms with van der Waals surface area (Å²) in [6.45, 7) is 3.88. The van der Waals surface area contributed by atoms with Crippen LogP contribution in [0.3, 0.4) is 0 Å². The summed E-state index contributed by atoms with van der Waals surface area (Å²) in [4.78, 5) is 132. The van der Waals surface area contributed by atoms with E-state index in [-0.39, 0.29) is 18.3 Å². The van der Waals surface area contributed by atoms with E-state index >= 15 is 0 Å². The van der Waals surface area contributed by atoms with Crippen LogP contribution in [0.25, 0.3) is 0 Å². The van der Waals surface area contributed by atoms with Gasteiger partial charge in [0, 0.05) is 12.4 Å². The Kier molecular flexibility index (Phi) is 19.0. The van der Waals surface area contributed by atoms with Gasteiger partial charge >= 0.3 is 52.9 Å². The van der Waals surface area contributed by atoms with Crippen molar-refractivity contribution in [3.63, 3.8) is 0 Å². The van der Waals surface area contributed by atoms with Crippen LogP contribution in [0.1, 0.15) is 20.3 Å². The Morgan fingerprint density at radius 3 is 0.885 bits per heavy atom. The van der Waals surface area contributed by atoms with Gasteiger partial charge in [-0.1, -0.05) is 13.8 Å². The van der Waals surface area contributed by atoms with E-state index in [0.29, 0.717) is 11.0 Å². The highest BCUT2D eigenvalue weighted by atomic mass is 31.2. The maximum atomic E-state index is 11.4. The van der Waals surface area contributed by atoms with E-state index in [1.54, 1.807) is 13.8 Å². The average molecular weight is 891 g/mol. The maximum Gasteiger partial charge on any atom is 0.470 e. The van der Waals surface area contributed by atoms with Crippen molar-refractivity contribution < 1.29 is 137 Å². The second kappa shape index (κ2) is 19.1. The number of carbonyl (C=O) groups excluding carboxylic acids is 2. The van der Waals surface area contributed by atoms with Gasteiger partial charge in [0.1, 0.15) is 43.2 Å². The quantitative estimate of drug-likeness (QED) is 0.0357. The molecule has 0 spiro atoms. The van der Waals surface area contributed by atoms with Crippen LogP contribution >= 0.6 is 46.9 Å². The number of hydrogen-bond donors (Lipinski definition) is 12. The van der Waals surface area contributed by atoms with Crippen LogP contribution in [0.15, 0.2) is 0 Å². The van der Waals surface area contributed by atoms with E-state index in [1.807, 2.05) is 21.1 Å². The van der Waals surface area contributed by atoms with Gasteiger partial charge < -0.3 is 77.8 Å². The molecule has 0 bridgehead atoms. The molecule has 310 valence electrons. The van der Waals surface area contributed by atoms with Gasteiger partial charge in [0.15, 0.2) is 6.10 Å². The molecule has 1 unspecified atom stereocenters. The number of aliphatic carboxylic acids is 1. The fourth-order valence-corrected chi connectivity index (χ4v) is 7.38. The fourth-order valence-electron chi connectivity index (χ4n) is 4.03. The van der Waals surface area contributed by atoms with E-state index in [9.17, 15) is 42.1 Å². The minimum absolute atomic E-state index is 0.253. The smallest absolute Gasteiger partial charge is 0.470 e. The van der Waals surface area contributed by atoms with E-state index in [4.69, 9.17) is 63.5 Å². The van der Waals surface area contributed by atoms with Gasteiger partial charge in [-0.05, 0) is 0 Å². The molecule has 0 heterocycles. The normalized spacial score (nSPS) is 24.5. The Bertz CT molecular complexity index is 1260. The van der Waals surface area contributed by atoms with Gasteiger partial charge in [-0.3, -0.25) is 31.9 Å². The largest absolute Gasteiger partial charge is 0.550 e. The standard InChI is InChI=1S/C11H21NO4.C6H18O24P6/c1-8(2)11(15)16-9(6-10(13)14)7-12(3,4)5;7-31(8,9)25-1-2(26-32(10,11)12)4(28-34(16,17)18)6(30-36(22,23)24)5(29-35(19,20)21)3(1)27-33(13,14)15/h8-9H,6-7H2,1-5H3;1-6H,(H2,7,8,9)(H2,10,11,12)(H2,13,14,15)(H2,16,17,18)(H2,19,20,21)(H2,22,23,24). The first kappa shape index (κ1) is 51.6. The molecule has 1 saturated carbocycles. The van der Waals surface area contributed by atoms with Crippen molar-refractivity contribution in [1.82, 2.24) is 0 Å². The molecule has 12 N–H and O–H groups in total. The van der Waals surface area contributed by atoms with Crippen LogP contribution in [0, 0.1) is 5.92 Å². The number of phosphoric ester groups is 6. The van der Waals surface area contributed by atoms with Crippen LogP contribution in [0.4, 0.5) is 0 Å². The first-order valence-electron chi connectivity index (χ1n) is 13.3. The van der Waals surface area contributed by atoms with Gasteiger partial charge in [0.05, 0.1) is 27.1 Å². The minimum Gasteiger partial charge on any atom is -0.550 e. The Morgan fingerprint density at radius 2 is 0.750 bits per heavy atom. The predicted octanol–water partition coefficient (Wildman–Crippen LogP) is -3.73. The molecule has 0 aliphatic heterocycles. The first-order valence-corrected chi connectivity index (χ1v) is 22.5. The fraction of sp³-hybridized carbons (Fsp3) is 0.882. The highest BCUT2D eigenvalue weighted by molar-refractivity contribution is 7.47. The van der Waals surface area contributed by atoms with Gasteiger partial charge in [-0.25, -0.2) is 27.4 Å². The third-order valence-corrected chi connectivity index (χ3v) is 8.51. The Balaban J connectivity index is 0.00000136. The number of esters is 1. The minimum atomic E-state index is -6.02. The van der Waals surface area contributed by atoms with Gasteiger partial charge in [0.2, 0.25) is 0 Å². The van der Waals surface area contributed by atoms with E-state index < -0.39 is 95.6 Å². The highest BCUT2D eigenvalue weighted by Crippen LogP contribution is 2.57. The molecule has 0 aromatic rings. The number of phosphoric acid groups is 6. The molecule has 29 nitrogen and oxygen atoms in total. The van der Waals surface area contributed by atoms with Crippen molar-refractivity contribution in [2.45, 2.75) is 63.0 Å². The van der Waals surface area contributed by atoms with Crippen molar-refractivity contribution in [3.8, 4) is 0 Å². The lowest BCUT2D eigenvalue weighted by Crippen LogP contribution is -2.66. The molecular formula is C17H39NO28P6. The zero-order valence-corrected chi connectivity index (χ0v) is 32.4. The van der Waals surface area contributed by atoms with E-state index in [0.717, 1.165) is 0 Å². The number of ether oxygens (including phenoxy) is 1. The molecular weight excluding hydrogens is 852 g/mol. The van der Waals surface area contributed by atoms with Crippen molar-refractivity contribution in [3.05, 3.63) is 0 Å². The average Bonchev–Trinajstić information content (AvgIpc) is 2.80. The molecule has 35 heteroatoms. The van der Waals surface area contributed by atoms with Crippen LogP contribution in [0.2, 0.25) is 0 Å². The molecule has 52 heavy (non-hydrogen) atoms. The number of quaternary nitrogens is 1. The predicted molar refractivity (Wildman–Crippen MR) is 159 cm³/mol. The number of hydrogen-bond acceptors (Lipinski definition) is 16. The molecule has 1 atom stereocenters. The molecule has 0 aromatic heterocycles. The zero-order chi connectivity index (χ0) is 41.6. The summed E-state index contributed by atoms with van der Waals surface area (Å²) in [6.07, 6.45) is -19.7. The Morgan fingerprint density at radius 1 is 0.538 bits per heavy atom. The van der Waals surface area contributed by atoms with Crippen molar-refractivity contribution >= 4 is 58.9 Å². The number of carboxylic acid groups (broad SMARTS) is 1. The first-order chi connectivity index (χ1) is 22.7. The molecule has 1 rings (SSSR count). The van der Waals surface area contributed by atoms with Crippen LogP contribution in [-0.4, -0.2) is 146 Å². The van der Waals surface area contributed by atoms with Crippen molar-refractivity contribution in [2.24, 2.45) is 5.92 Å². The van der Waals surface area contributed by atoms with Crippen LogP contribution in [0.5, 0.6) is 0 Å². The lowest BCUT2D eigenvalue weighted by molar-refractivity contribution is -0.873. The third kappa shape index (κ3) is 23.5. The monoisotopic (exact) mass is 891 g/mol. The molecule has 1 fully saturated rings. The SMILES string of the molecule is CC(C)C(=O)OC(CC(=O)[O-])C[N+](C)(C)C.O=P(O)(O)OC1C(OP(=O)(O)O)C(OP(=O)(O)O)C(OP(=O)(O)O)C(OP(=O)(O)O)C1OP(=O)(O)O. The van der Waals surface area contributed by atoms with Crippen molar-refractivity contribution in [1.29, 1.82) is 0 Å².